The molecule has 1 unspecified atom stereocenters. The van der Waals surface area contributed by atoms with E-state index >= 15 is 0 Å². The van der Waals surface area contributed by atoms with Crippen LogP contribution < -0.4 is 10.0 Å². The molecule has 1 aromatic rings. The highest BCUT2D eigenvalue weighted by atomic mass is 32.2. The van der Waals surface area contributed by atoms with Crippen LogP contribution in [-0.4, -0.2) is 37.8 Å². The molecule has 1 aromatic heterocycles. The molecule has 1 fully saturated rings. The van der Waals surface area contributed by atoms with Crippen LogP contribution in [0.25, 0.3) is 0 Å². The van der Waals surface area contributed by atoms with E-state index < -0.39 is 10.0 Å². The van der Waals surface area contributed by atoms with Gasteiger partial charge in [-0.15, -0.1) is 0 Å². The first kappa shape index (κ1) is 16.5. The third kappa shape index (κ3) is 4.52. The number of nitrogens with zero attached hydrogens (tertiary/aromatic N) is 2. The van der Waals surface area contributed by atoms with E-state index in [0.29, 0.717) is 19.0 Å². The van der Waals surface area contributed by atoms with Gasteiger partial charge in [-0.3, -0.25) is 4.68 Å². The van der Waals surface area contributed by atoms with Crippen molar-refractivity contribution in [2.24, 2.45) is 11.3 Å². The molecule has 1 aliphatic carbocycles. The van der Waals surface area contributed by atoms with Crippen molar-refractivity contribution in [3.8, 4) is 0 Å². The van der Waals surface area contributed by atoms with E-state index in [1.807, 2.05) is 0 Å². The second-order valence-corrected chi connectivity index (χ2v) is 8.20. The van der Waals surface area contributed by atoms with Gasteiger partial charge in [0, 0.05) is 19.3 Å². The van der Waals surface area contributed by atoms with Crippen LogP contribution in [0.3, 0.4) is 0 Å². The predicted molar refractivity (Wildman–Crippen MR) is 82.5 cm³/mol. The monoisotopic (exact) mass is 314 g/mol. The Morgan fingerprint density at radius 2 is 2.14 bits per heavy atom. The lowest BCUT2D eigenvalue weighted by Gasteiger charge is -2.06. The van der Waals surface area contributed by atoms with E-state index in [2.05, 4.69) is 35.9 Å². The molecule has 0 aromatic carbocycles. The second-order valence-electron chi connectivity index (χ2n) is 6.43. The van der Waals surface area contributed by atoms with Crippen LogP contribution in [0, 0.1) is 11.3 Å². The molecular formula is C14H26N4O2S. The normalized spacial score (nSPS) is 20.6. The lowest BCUT2D eigenvalue weighted by atomic mass is 10.1. The summed E-state index contributed by atoms with van der Waals surface area (Å²) in [5.74, 6) is 0.445. The predicted octanol–water partition coefficient (Wildman–Crippen LogP) is 1.21. The molecule has 1 aliphatic rings. The van der Waals surface area contributed by atoms with Crippen molar-refractivity contribution < 1.29 is 8.42 Å². The molecule has 1 heterocycles. The molecule has 0 spiro atoms. The first-order valence-electron chi connectivity index (χ1n) is 7.58. The fourth-order valence-corrected chi connectivity index (χ4v) is 3.35. The van der Waals surface area contributed by atoms with Gasteiger partial charge in [0.25, 0.3) is 0 Å². The van der Waals surface area contributed by atoms with Gasteiger partial charge in [0.1, 0.15) is 4.90 Å². The Balaban J connectivity index is 1.84. The summed E-state index contributed by atoms with van der Waals surface area (Å²) in [5, 5.41) is 7.37. The van der Waals surface area contributed by atoms with E-state index in [1.54, 1.807) is 10.9 Å². The van der Waals surface area contributed by atoms with Gasteiger partial charge in [0.2, 0.25) is 10.0 Å². The third-order valence-corrected chi connectivity index (χ3v) is 5.48. The van der Waals surface area contributed by atoms with Crippen molar-refractivity contribution in [1.29, 1.82) is 0 Å². The number of nitrogens with one attached hydrogen (secondary N) is 2. The summed E-state index contributed by atoms with van der Waals surface area (Å²) in [4.78, 5) is 0.247. The average Bonchev–Trinajstić information content (AvgIpc) is 2.84. The van der Waals surface area contributed by atoms with Gasteiger partial charge in [0.05, 0.1) is 12.7 Å². The Morgan fingerprint density at radius 1 is 1.43 bits per heavy atom. The largest absolute Gasteiger partial charge is 0.315 e. The van der Waals surface area contributed by atoms with Crippen molar-refractivity contribution in [3.05, 3.63) is 12.4 Å². The van der Waals surface area contributed by atoms with Crippen molar-refractivity contribution >= 4 is 10.0 Å². The number of rotatable bonds is 9. The van der Waals surface area contributed by atoms with Crippen molar-refractivity contribution in [1.82, 2.24) is 19.8 Å². The molecule has 120 valence electrons. The fourth-order valence-electron chi connectivity index (χ4n) is 2.32. The first-order valence-corrected chi connectivity index (χ1v) is 9.06. The van der Waals surface area contributed by atoms with Gasteiger partial charge < -0.3 is 5.32 Å². The lowest BCUT2D eigenvalue weighted by molar-refractivity contribution is 0.536. The summed E-state index contributed by atoms with van der Waals surface area (Å²) in [6.45, 7) is 9.37. The second kappa shape index (κ2) is 6.46. The Kier molecular flexibility index (Phi) is 5.06. The van der Waals surface area contributed by atoms with E-state index in [9.17, 15) is 8.42 Å². The Hall–Kier alpha value is -0.920. The molecule has 2 N–H and O–H groups in total. The molecule has 1 atom stereocenters. The molecular weight excluding hydrogens is 288 g/mol. The summed E-state index contributed by atoms with van der Waals surface area (Å²) in [6, 6.07) is 0. The summed E-state index contributed by atoms with van der Waals surface area (Å²) in [7, 11) is -3.43. The van der Waals surface area contributed by atoms with Gasteiger partial charge in [-0.1, -0.05) is 20.8 Å². The maximum Gasteiger partial charge on any atom is 0.243 e. The van der Waals surface area contributed by atoms with Crippen molar-refractivity contribution in [2.75, 3.05) is 19.6 Å². The Morgan fingerprint density at radius 3 is 2.76 bits per heavy atom. The first-order chi connectivity index (χ1) is 9.85. The molecule has 7 heteroatoms. The van der Waals surface area contributed by atoms with E-state index in [1.165, 1.54) is 6.20 Å². The van der Waals surface area contributed by atoms with Crippen LogP contribution in [0.2, 0.25) is 0 Å². The highest BCUT2D eigenvalue weighted by molar-refractivity contribution is 7.89. The molecule has 2 rings (SSSR count). The van der Waals surface area contributed by atoms with E-state index in [-0.39, 0.29) is 10.3 Å². The van der Waals surface area contributed by atoms with Gasteiger partial charge in [-0.25, -0.2) is 13.1 Å². The molecule has 0 radical (unpaired) electrons. The smallest absolute Gasteiger partial charge is 0.243 e. The molecule has 6 nitrogen and oxygen atoms in total. The van der Waals surface area contributed by atoms with Gasteiger partial charge in [-0.05, 0) is 30.7 Å². The summed E-state index contributed by atoms with van der Waals surface area (Å²) >= 11 is 0. The van der Waals surface area contributed by atoms with Crippen LogP contribution in [0.1, 0.15) is 33.6 Å². The summed E-state index contributed by atoms with van der Waals surface area (Å²) in [5.41, 5.74) is 0.275. The van der Waals surface area contributed by atoms with Crippen LogP contribution in [0.4, 0.5) is 0 Å². The van der Waals surface area contributed by atoms with Gasteiger partial charge in [-0.2, -0.15) is 5.10 Å². The number of hydrogen-bond donors (Lipinski definition) is 2. The van der Waals surface area contributed by atoms with Crippen molar-refractivity contribution in [3.63, 3.8) is 0 Å². The van der Waals surface area contributed by atoms with Gasteiger partial charge in [0.15, 0.2) is 0 Å². The number of aromatic nitrogens is 2. The molecule has 0 bridgehead atoms. The lowest BCUT2D eigenvalue weighted by Crippen LogP contribution is -2.26. The van der Waals surface area contributed by atoms with Crippen LogP contribution >= 0.6 is 0 Å². The zero-order valence-corrected chi connectivity index (χ0v) is 13.9. The summed E-state index contributed by atoms with van der Waals surface area (Å²) in [6.07, 6.45) is 5.17. The van der Waals surface area contributed by atoms with E-state index in [0.717, 1.165) is 25.9 Å². The zero-order valence-electron chi connectivity index (χ0n) is 13.1. The fraction of sp³-hybridized carbons (Fsp3) is 0.786. The Bertz CT molecular complexity index is 565. The Labute approximate surface area is 127 Å². The third-order valence-electron chi connectivity index (χ3n) is 4.10. The van der Waals surface area contributed by atoms with E-state index in [4.69, 9.17) is 0 Å². The minimum atomic E-state index is -3.43. The minimum absolute atomic E-state index is 0.247. The highest BCUT2D eigenvalue weighted by Crippen LogP contribution is 2.51. The maximum atomic E-state index is 12.2. The standard InChI is InChI=1S/C14H26N4O2S/c1-4-5-15-6-7-18-11-13(10-16-18)21(19,20)17-9-12-8-14(12,2)3/h10-12,15,17H,4-9H2,1-3H3. The SMILES string of the molecule is CCCNCCn1cc(S(=O)(=O)NCC2CC2(C)C)cn1. The maximum absolute atomic E-state index is 12.2. The van der Waals surface area contributed by atoms with Gasteiger partial charge >= 0.3 is 0 Å². The average molecular weight is 314 g/mol. The minimum Gasteiger partial charge on any atom is -0.315 e. The molecule has 21 heavy (non-hydrogen) atoms. The molecule has 0 aliphatic heterocycles. The van der Waals surface area contributed by atoms with Crippen LogP contribution in [-0.2, 0) is 16.6 Å². The highest BCUT2D eigenvalue weighted by Gasteiger charge is 2.45. The molecule has 0 saturated heterocycles. The zero-order chi connectivity index (χ0) is 15.5. The summed E-state index contributed by atoms with van der Waals surface area (Å²) < 4.78 is 28.7. The quantitative estimate of drug-likeness (QED) is 0.672. The number of hydrogen-bond acceptors (Lipinski definition) is 4. The van der Waals surface area contributed by atoms with Crippen molar-refractivity contribution in [2.45, 2.75) is 45.1 Å². The van der Waals surface area contributed by atoms with Crippen LogP contribution in [0.15, 0.2) is 17.3 Å². The molecule has 0 amide bonds. The topological polar surface area (TPSA) is 76.0 Å². The van der Waals surface area contributed by atoms with Crippen LogP contribution in [0.5, 0.6) is 0 Å². The molecule has 1 saturated carbocycles. The number of sulfonamides is 1.